The van der Waals surface area contributed by atoms with Gasteiger partial charge in [-0.15, -0.1) is 10.2 Å². The van der Waals surface area contributed by atoms with Crippen LogP contribution in [0.1, 0.15) is 37.1 Å². The Kier molecular flexibility index (Phi) is 4.66. The molecule has 2 heterocycles. The molecule has 1 aliphatic rings. The summed E-state index contributed by atoms with van der Waals surface area (Å²) in [6, 6.07) is 9.62. The monoisotopic (exact) mass is 330 g/mol. The number of nitrogens with zero attached hydrogens (tertiary/aromatic N) is 3. The summed E-state index contributed by atoms with van der Waals surface area (Å²) in [6.07, 6.45) is 1.69. The predicted molar refractivity (Wildman–Crippen MR) is 89.6 cm³/mol. The van der Waals surface area contributed by atoms with Crippen molar-refractivity contribution in [2.24, 2.45) is 0 Å². The number of carbonyl (C=O) groups is 2. The molecule has 7 heteroatoms. The van der Waals surface area contributed by atoms with Crippen molar-refractivity contribution in [3.05, 3.63) is 35.3 Å². The summed E-state index contributed by atoms with van der Waals surface area (Å²) in [5, 5.41) is 12.2. The molecule has 23 heavy (non-hydrogen) atoms. The molecular formula is C16H18N4O2S. The Hall–Kier alpha value is -2.28. The fraction of sp³-hybridized carbons (Fsp3) is 0.375. The Labute approximate surface area is 138 Å². The zero-order valence-electron chi connectivity index (χ0n) is 12.9. The van der Waals surface area contributed by atoms with Gasteiger partial charge in [-0.2, -0.15) is 0 Å². The third-order valence-electron chi connectivity index (χ3n) is 3.71. The molecule has 1 unspecified atom stereocenters. The van der Waals surface area contributed by atoms with E-state index in [0.29, 0.717) is 24.5 Å². The van der Waals surface area contributed by atoms with Crippen molar-refractivity contribution in [2.45, 2.75) is 32.1 Å². The molecule has 1 N–H and O–H groups in total. The third kappa shape index (κ3) is 3.56. The highest BCUT2D eigenvalue weighted by atomic mass is 32.1. The molecule has 1 aromatic carbocycles. The number of aromatic nitrogens is 2. The fourth-order valence-electron chi connectivity index (χ4n) is 2.59. The maximum Gasteiger partial charge on any atom is 0.227 e. The molecule has 1 saturated heterocycles. The first-order chi connectivity index (χ1) is 11.2. The first kappa shape index (κ1) is 15.6. The topological polar surface area (TPSA) is 75.2 Å². The highest BCUT2D eigenvalue weighted by Crippen LogP contribution is 2.34. The highest BCUT2D eigenvalue weighted by Gasteiger charge is 2.33. The van der Waals surface area contributed by atoms with E-state index in [2.05, 4.69) is 15.5 Å². The summed E-state index contributed by atoms with van der Waals surface area (Å²) < 4.78 is 0. The molecule has 1 aromatic heterocycles. The van der Waals surface area contributed by atoms with Gasteiger partial charge in [0.25, 0.3) is 0 Å². The lowest BCUT2D eigenvalue weighted by atomic mass is 10.1. The second kappa shape index (κ2) is 6.87. The van der Waals surface area contributed by atoms with Gasteiger partial charge in [-0.3, -0.25) is 9.59 Å². The summed E-state index contributed by atoms with van der Waals surface area (Å²) in [6.45, 7) is 2.55. The van der Waals surface area contributed by atoms with Crippen LogP contribution in [0.5, 0.6) is 0 Å². The first-order valence-corrected chi connectivity index (χ1v) is 8.47. The van der Waals surface area contributed by atoms with E-state index in [9.17, 15) is 9.59 Å². The van der Waals surface area contributed by atoms with Gasteiger partial charge in [0.15, 0.2) is 0 Å². The van der Waals surface area contributed by atoms with Crippen LogP contribution in [-0.2, 0) is 9.59 Å². The molecule has 0 spiro atoms. The number of hydrogen-bond donors (Lipinski definition) is 1. The van der Waals surface area contributed by atoms with Crippen LogP contribution in [0, 0.1) is 0 Å². The van der Waals surface area contributed by atoms with Crippen molar-refractivity contribution >= 4 is 34.0 Å². The van der Waals surface area contributed by atoms with Crippen molar-refractivity contribution in [3.63, 3.8) is 0 Å². The van der Waals surface area contributed by atoms with E-state index in [1.807, 2.05) is 37.3 Å². The lowest BCUT2D eigenvalue weighted by Crippen LogP contribution is -2.24. The van der Waals surface area contributed by atoms with Gasteiger partial charge in [-0.25, -0.2) is 0 Å². The first-order valence-electron chi connectivity index (χ1n) is 7.66. The van der Waals surface area contributed by atoms with Crippen LogP contribution in [0.3, 0.4) is 0 Å². The quantitative estimate of drug-likeness (QED) is 0.915. The van der Waals surface area contributed by atoms with Gasteiger partial charge in [0.05, 0.1) is 0 Å². The number of amides is 2. The van der Waals surface area contributed by atoms with E-state index in [0.717, 1.165) is 17.1 Å². The molecule has 2 amide bonds. The van der Waals surface area contributed by atoms with Gasteiger partial charge in [-0.1, -0.05) is 36.5 Å². The van der Waals surface area contributed by atoms with Crippen LogP contribution >= 0.6 is 11.3 Å². The van der Waals surface area contributed by atoms with Gasteiger partial charge >= 0.3 is 0 Å². The standard InChI is InChI=1S/C16H18N4O2S/c1-2-6-13(21)17-16-19-18-15(23-16)11-9-14(22)20(10-11)12-7-4-3-5-8-12/h3-5,7-8,11H,2,6,9-10H2,1H3,(H,17,19,21). The van der Waals surface area contributed by atoms with Crippen molar-refractivity contribution < 1.29 is 9.59 Å². The van der Waals surface area contributed by atoms with Crippen LogP contribution < -0.4 is 10.2 Å². The molecular weight excluding hydrogens is 312 g/mol. The number of nitrogens with one attached hydrogen (secondary N) is 1. The average Bonchev–Trinajstić information content (AvgIpc) is 3.15. The molecule has 0 aliphatic carbocycles. The van der Waals surface area contributed by atoms with Crippen LogP contribution in [0.4, 0.5) is 10.8 Å². The van der Waals surface area contributed by atoms with Gasteiger partial charge in [0, 0.05) is 31.0 Å². The van der Waals surface area contributed by atoms with Gasteiger partial charge < -0.3 is 10.2 Å². The minimum absolute atomic E-state index is 0.0250. The van der Waals surface area contributed by atoms with Crippen LogP contribution in [0.2, 0.25) is 0 Å². The molecule has 6 nitrogen and oxygen atoms in total. The SMILES string of the molecule is CCCC(=O)Nc1nnc(C2CC(=O)N(c3ccccc3)C2)s1. The normalized spacial score (nSPS) is 17.5. The van der Waals surface area contributed by atoms with Crippen molar-refractivity contribution in [1.29, 1.82) is 0 Å². The van der Waals surface area contributed by atoms with E-state index >= 15 is 0 Å². The second-order valence-corrected chi connectivity index (χ2v) is 6.49. The summed E-state index contributed by atoms with van der Waals surface area (Å²) in [7, 11) is 0. The smallest absolute Gasteiger partial charge is 0.227 e. The molecule has 0 bridgehead atoms. The van der Waals surface area contributed by atoms with Crippen molar-refractivity contribution in [3.8, 4) is 0 Å². The molecule has 0 radical (unpaired) electrons. The Balaban J connectivity index is 1.68. The maximum atomic E-state index is 12.2. The van der Waals surface area contributed by atoms with E-state index in [4.69, 9.17) is 0 Å². The number of carbonyl (C=O) groups excluding carboxylic acids is 2. The summed E-state index contributed by atoms with van der Waals surface area (Å²) in [4.78, 5) is 25.6. The van der Waals surface area contributed by atoms with E-state index in [-0.39, 0.29) is 17.7 Å². The highest BCUT2D eigenvalue weighted by molar-refractivity contribution is 7.15. The van der Waals surface area contributed by atoms with Gasteiger partial charge in [0.2, 0.25) is 16.9 Å². The van der Waals surface area contributed by atoms with Crippen LogP contribution in [0.25, 0.3) is 0 Å². The van der Waals surface area contributed by atoms with E-state index in [1.165, 1.54) is 11.3 Å². The second-order valence-electron chi connectivity index (χ2n) is 5.48. The van der Waals surface area contributed by atoms with Crippen LogP contribution in [0.15, 0.2) is 30.3 Å². The molecule has 1 fully saturated rings. The predicted octanol–water partition coefficient (Wildman–Crippen LogP) is 2.80. The van der Waals surface area contributed by atoms with E-state index in [1.54, 1.807) is 4.90 Å². The van der Waals surface area contributed by atoms with Crippen molar-refractivity contribution in [1.82, 2.24) is 10.2 Å². The molecule has 0 saturated carbocycles. The molecule has 1 aliphatic heterocycles. The molecule has 3 rings (SSSR count). The molecule has 2 aromatic rings. The average molecular weight is 330 g/mol. The van der Waals surface area contributed by atoms with Gasteiger partial charge in [-0.05, 0) is 18.6 Å². The number of para-hydroxylation sites is 1. The zero-order chi connectivity index (χ0) is 16.2. The third-order valence-corrected chi connectivity index (χ3v) is 4.71. The number of rotatable bonds is 5. The Morgan fingerprint density at radius 3 is 2.87 bits per heavy atom. The number of hydrogen-bond acceptors (Lipinski definition) is 5. The summed E-state index contributed by atoms with van der Waals surface area (Å²) in [5.41, 5.74) is 0.904. The minimum Gasteiger partial charge on any atom is -0.312 e. The van der Waals surface area contributed by atoms with E-state index < -0.39 is 0 Å². The summed E-state index contributed by atoms with van der Waals surface area (Å²) in [5.74, 6) is 0.0635. The van der Waals surface area contributed by atoms with Crippen LogP contribution in [-0.4, -0.2) is 28.6 Å². The minimum atomic E-state index is -0.0522. The Morgan fingerprint density at radius 2 is 2.13 bits per heavy atom. The molecule has 120 valence electrons. The zero-order valence-corrected chi connectivity index (χ0v) is 13.7. The lowest BCUT2D eigenvalue weighted by molar-refractivity contribution is -0.117. The maximum absolute atomic E-state index is 12.2. The lowest BCUT2D eigenvalue weighted by Gasteiger charge is -2.15. The number of anilines is 2. The fourth-order valence-corrected chi connectivity index (χ4v) is 3.44. The Morgan fingerprint density at radius 1 is 1.35 bits per heavy atom. The summed E-state index contributed by atoms with van der Waals surface area (Å²) >= 11 is 1.35. The number of benzene rings is 1. The Bertz CT molecular complexity index is 701. The van der Waals surface area contributed by atoms with Crippen molar-refractivity contribution in [2.75, 3.05) is 16.8 Å². The molecule has 1 atom stereocenters. The largest absolute Gasteiger partial charge is 0.312 e. The van der Waals surface area contributed by atoms with Gasteiger partial charge in [0.1, 0.15) is 5.01 Å².